The van der Waals surface area contributed by atoms with Crippen molar-refractivity contribution in [3.05, 3.63) is 35.4 Å². The number of amides is 1. The van der Waals surface area contributed by atoms with Gasteiger partial charge in [0.05, 0.1) is 19.2 Å². The predicted molar refractivity (Wildman–Crippen MR) is 72.8 cm³/mol. The lowest BCUT2D eigenvalue weighted by molar-refractivity contribution is -0.129. The maximum Gasteiger partial charge on any atom is 0.337 e. The minimum atomic E-state index is -0.353. The van der Waals surface area contributed by atoms with Gasteiger partial charge in [0.15, 0.2) is 0 Å². The molecule has 19 heavy (non-hydrogen) atoms. The number of likely N-dealkylation sites (N-methyl/N-ethyl adjacent to an activating group) is 2. The molecule has 5 nitrogen and oxygen atoms in total. The molecule has 1 aromatic carbocycles. The lowest BCUT2D eigenvalue weighted by atomic mass is 10.1. The van der Waals surface area contributed by atoms with Crippen LogP contribution in [0.5, 0.6) is 0 Å². The summed E-state index contributed by atoms with van der Waals surface area (Å²) in [5.74, 6) is -0.305. The van der Waals surface area contributed by atoms with Gasteiger partial charge < -0.3 is 9.64 Å². The average molecular weight is 264 g/mol. The van der Waals surface area contributed by atoms with Gasteiger partial charge in [0.25, 0.3) is 0 Å². The Morgan fingerprint density at radius 3 is 2.47 bits per heavy atom. The summed E-state index contributed by atoms with van der Waals surface area (Å²) in [6.45, 7) is 0.944. The highest BCUT2D eigenvalue weighted by molar-refractivity contribution is 5.89. The number of esters is 1. The van der Waals surface area contributed by atoms with Crippen LogP contribution < -0.4 is 0 Å². The van der Waals surface area contributed by atoms with Crippen molar-refractivity contribution in [2.45, 2.75) is 6.54 Å². The van der Waals surface area contributed by atoms with Crippen LogP contribution in [0.2, 0.25) is 0 Å². The summed E-state index contributed by atoms with van der Waals surface area (Å²) in [7, 11) is 6.69. The Hall–Kier alpha value is -1.88. The van der Waals surface area contributed by atoms with Crippen molar-refractivity contribution in [1.82, 2.24) is 9.80 Å². The molecule has 0 saturated carbocycles. The number of hydrogen-bond donors (Lipinski definition) is 0. The predicted octanol–water partition coefficient (Wildman–Crippen LogP) is 0.993. The second-order valence-electron chi connectivity index (χ2n) is 4.65. The van der Waals surface area contributed by atoms with Gasteiger partial charge in [0.2, 0.25) is 5.91 Å². The minimum Gasteiger partial charge on any atom is -0.465 e. The van der Waals surface area contributed by atoms with E-state index in [1.807, 2.05) is 24.1 Å². The van der Waals surface area contributed by atoms with Crippen LogP contribution in [0.1, 0.15) is 15.9 Å². The van der Waals surface area contributed by atoms with Crippen molar-refractivity contribution in [1.29, 1.82) is 0 Å². The van der Waals surface area contributed by atoms with Gasteiger partial charge in [-0.25, -0.2) is 4.79 Å². The third kappa shape index (κ3) is 4.71. The Labute approximate surface area is 113 Å². The molecular weight excluding hydrogens is 244 g/mol. The number of benzene rings is 1. The molecule has 0 aromatic heterocycles. The van der Waals surface area contributed by atoms with Crippen LogP contribution in [0.25, 0.3) is 0 Å². The summed E-state index contributed by atoms with van der Waals surface area (Å²) in [6.07, 6.45) is 0. The highest BCUT2D eigenvalue weighted by atomic mass is 16.5. The lowest BCUT2D eigenvalue weighted by Gasteiger charge is -2.19. The van der Waals surface area contributed by atoms with Gasteiger partial charge in [0, 0.05) is 20.6 Å². The Kier molecular flexibility index (Phi) is 5.51. The van der Waals surface area contributed by atoms with Gasteiger partial charge in [-0.3, -0.25) is 9.69 Å². The molecule has 0 saturated heterocycles. The minimum absolute atomic E-state index is 0.0478. The quantitative estimate of drug-likeness (QED) is 0.744. The molecule has 1 aromatic rings. The van der Waals surface area contributed by atoms with Crippen LogP contribution in [0.15, 0.2) is 24.3 Å². The molecule has 0 radical (unpaired) electrons. The third-order valence-corrected chi connectivity index (χ3v) is 2.70. The van der Waals surface area contributed by atoms with Crippen LogP contribution in [0.3, 0.4) is 0 Å². The van der Waals surface area contributed by atoms with E-state index in [2.05, 4.69) is 4.74 Å². The third-order valence-electron chi connectivity index (χ3n) is 2.70. The van der Waals surface area contributed by atoms with Crippen molar-refractivity contribution < 1.29 is 14.3 Å². The van der Waals surface area contributed by atoms with Crippen LogP contribution in [-0.2, 0) is 16.1 Å². The molecule has 1 amide bonds. The number of ether oxygens (including phenoxy) is 1. The second kappa shape index (κ2) is 6.89. The van der Waals surface area contributed by atoms with E-state index in [0.29, 0.717) is 18.7 Å². The molecule has 0 N–H and O–H groups in total. The van der Waals surface area contributed by atoms with Crippen LogP contribution >= 0.6 is 0 Å². The van der Waals surface area contributed by atoms with Gasteiger partial charge in [0.1, 0.15) is 0 Å². The first-order valence-electron chi connectivity index (χ1n) is 6.00. The topological polar surface area (TPSA) is 49.9 Å². The Morgan fingerprint density at radius 1 is 1.21 bits per heavy atom. The fourth-order valence-electron chi connectivity index (χ4n) is 1.65. The van der Waals surface area contributed by atoms with E-state index in [-0.39, 0.29) is 11.9 Å². The number of carbonyl (C=O) groups is 2. The number of hydrogen-bond acceptors (Lipinski definition) is 4. The normalized spacial score (nSPS) is 10.4. The van der Waals surface area contributed by atoms with Crippen molar-refractivity contribution in [3.63, 3.8) is 0 Å². The molecule has 104 valence electrons. The Bertz CT molecular complexity index is 458. The molecule has 0 unspecified atom stereocenters. The first kappa shape index (κ1) is 15.2. The summed E-state index contributed by atoms with van der Waals surface area (Å²) < 4.78 is 4.68. The summed E-state index contributed by atoms with van der Waals surface area (Å²) >= 11 is 0. The maximum absolute atomic E-state index is 11.6. The van der Waals surface area contributed by atoms with E-state index in [4.69, 9.17) is 0 Å². The average Bonchev–Trinajstić information content (AvgIpc) is 2.37. The monoisotopic (exact) mass is 264 g/mol. The Morgan fingerprint density at radius 2 is 1.89 bits per heavy atom. The van der Waals surface area contributed by atoms with Crippen LogP contribution in [-0.4, -0.2) is 56.5 Å². The molecule has 0 atom stereocenters. The maximum atomic E-state index is 11.6. The van der Waals surface area contributed by atoms with E-state index < -0.39 is 0 Å². The summed E-state index contributed by atoms with van der Waals surface area (Å²) in [5.41, 5.74) is 1.49. The molecular formula is C14H20N2O3. The molecule has 0 heterocycles. The smallest absolute Gasteiger partial charge is 0.337 e. The van der Waals surface area contributed by atoms with Crippen molar-refractivity contribution in [2.75, 3.05) is 34.8 Å². The van der Waals surface area contributed by atoms with Gasteiger partial charge in [-0.15, -0.1) is 0 Å². The molecule has 0 fully saturated rings. The van der Waals surface area contributed by atoms with E-state index >= 15 is 0 Å². The zero-order valence-electron chi connectivity index (χ0n) is 11.8. The molecule has 5 heteroatoms. The standard InChI is InChI=1S/C14H20N2O3/c1-15(2)13(17)10-16(3)9-11-6-5-7-12(8-11)14(18)19-4/h5-8H,9-10H2,1-4H3. The Balaban J connectivity index is 2.66. The SMILES string of the molecule is COC(=O)c1cccc(CN(C)CC(=O)N(C)C)c1. The van der Waals surface area contributed by atoms with E-state index in [1.54, 1.807) is 31.1 Å². The molecule has 0 aliphatic heterocycles. The fraction of sp³-hybridized carbons (Fsp3) is 0.429. The van der Waals surface area contributed by atoms with Crippen LogP contribution in [0, 0.1) is 0 Å². The summed E-state index contributed by atoms with van der Waals surface area (Å²) in [4.78, 5) is 26.5. The zero-order chi connectivity index (χ0) is 14.4. The van der Waals surface area contributed by atoms with Gasteiger partial charge in [-0.1, -0.05) is 12.1 Å². The number of rotatable bonds is 5. The van der Waals surface area contributed by atoms with Gasteiger partial charge in [-0.2, -0.15) is 0 Å². The zero-order valence-corrected chi connectivity index (χ0v) is 11.8. The number of methoxy groups -OCH3 is 1. The lowest BCUT2D eigenvalue weighted by Crippen LogP contribution is -2.34. The molecule has 0 spiro atoms. The highest BCUT2D eigenvalue weighted by Crippen LogP contribution is 2.08. The number of nitrogens with zero attached hydrogens (tertiary/aromatic N) is 2. The first-order valence-corrected chi connectivity index (χ1v) is 6.00. The summed E-state index contributed by atoms with van der Waals surface area (Å²) in [5, 5.41) is 0. The first-order chi connectivity index (χ1) is 8.93. The van der Waals surface area contributed by atoms with E-state index in [9.17, 15) is 9.59 Å². The van der Waals surface area contributed by atoms with E-state index in [0.717, 1.165) is 5.56 Å². The van der Waals surface area contributed by atoms with Gasteiger partial charge in [-0.05, 0) is 24.7 Å². The van der Waals surface area contributed by atoms with Crippen molar-refractivity contribution >= 4 is 11.9 Å². The second-order valence-corrected chi connectivity index (χ2v) is 4.65. The van der Waals surface area contributed by atoms with E-state index in [1.165, 1.54) is 7.11 Å². The molecule has 0 aliphatic rings. The van der Waals surface area contributed by atoms with Crippen molar-refractivity contribution in [3.8, 4) is 0 Å². The molecule has 1 rings (SSSR count). The number of carbonyl (C=O) groups excluding carboxylic acids is 2. The fourth-order valence-corrected chi connectivity index (χ4v) is 1.65. The highest BCUT2D eigenvalue weighted by Gasteiger charge is 2.10. The van der Waals surface area contributed by atoms with Gasteiger partial charge >= 0.3 is 5.97 Å². The summed E-state index contributed by atoms with van der Waals surface area (Å²) in [6, 6.07) is 7.22. The van der Waals surface area contributed by atoms with Crippen molar-refractivity contribution in [2.24, 2.45) is 0 Å². The van der Waals surface area contributed by atoms with Crippen LogP contribution in [0.4, 0.5) is 0 Å². The molecule has 0 aliphatic carbocycles. The largest absolute Gasteiger partial charge is 0.465 e. The molecule has 0 bridgehead atoms.